The summed E-state index contributed by atoms with van der Waals surface area (Å²) in [5.41, 5.74) is 1.66. The number of aliphatic hydroxyl groups is 1. The molecular formula is C32H35N5O10. The van der Waals surface area contributed by atoms with Gasteiger partial charge in [0.05, 0.1) is 36.5 Å². The summed E-state index contributed by atoms with van der Waals surface area (Å²) >= 11 is 0. The monoisotopic (exact) mass is 649 g/mol. The minimum Gasteiger partial charge on any atom is -0.481 e. The molecule has 4 amide bonds. The minimum absolute atomic E-state index is 0.143. The largest absolute Gasteiger partial charge is 0.481 e. The molecule has 0 spiro atoms. The second kappa shape index (κ2) is 15.3. The predicted octanol–water partition coefficient (Wildman–Crippen LogP) is 1.02. The number of hydrazine groups is 1. The molecule has 15 nitrogen and oxygen atoms in total. The van der Waals surface area contributed by atoms with E-state index in [1.807, 2.05) is 6.08 Å². The summed E-state index contributed by atoms with van der Waals surface area (Å²) < 4.78 is 0. The van der Waals surface area contributed by atoms with Gasteiger partial charge in [0.1, 0.15) is 12.4 Å². The molecule has 5 atom stereocenters. The fourth-order valence-corrected chi connectivity index (χ4v) is 6.30. The van der Waals surface area contributed by atoms with Crippen molar-refractivity contribution in [2.45, 2.75) is 56.7 Å². The molecule has 3 unspecified atom stereocenters. The Labute approximate surface area is 269 Å². The summed E-state index contributed by atoms with van der Waals surface area (Å²) in [4.78, 5) is 79.7. The van der Waals surface area contributed by atoms with E-state index in [9.17, 15) is 44.1 Å². The van der Waals surface area contributed by atoms with Crippen molar-refractivity contribution in [2.75, 3.05) is 13.2 Å². The first-order valence-electron chi connectivity index (χ1n) is 14.9. The number of terminal acetylenes is 1. The first-order chi connectivity index (χ1) is 22.4. The van der Waals surface area contributed by atoms with Gasteiger partial charge in [0.25, 0.3) is 5.91 Å². The molecule has 0 saturated heterocycles. The van der Waals surface area contributed by atoms with Gasteiger partial charge in [-0.25, -0.2) is 4.79 Å². The predicted molar refractivity (Wildman–Crippen MR) is 164 cm³/mol. The lowest BCUT2D eigenvalue weighted by molar-refractivity contribution is -0.149. The van der Waals surface area contributed by atoms with Gasteiger partial charge in [0.2, 0.25) is 11.8 Å². The summed E-state index contributed by atoms with van der Waals surface area (Å²) in [5, 5.41) is 45.3. The SMILES string of the molecule is C#CCN([C@H]1CCC2=CC3N=C(CO)NC(=O)C3C=C21)N(C(=O)c1ccccc1)[C@@H](CCC(=O)NC(=O)O)C(CCC(=O)O)C(=O)O. The van der Waals surface area contributed by atoms with Gasteiger partial charge in [0, 0.05) is 18.4 Å². The van der Waals surface area contributed by atoms with Crippen molar-refractivity contribution in [3.8, 4) is 12.3 Å². The van der Waals surface area contributed by atoms with E-state index in [-0.39, 0.29) is 30.3 Å². The summed E-state index contributed by atoms with van der Waals surface area (Å²) in [6, 6.07) is 5.36. The number of carbonyl (C=O) groups is 6. The molecule has 0 bridgehead atoms. The highest BCUT2D eigenvalue weighted by Crippen LogP contribution is 2.42. The molecule has 1 aromatic rings. The molecule has 4 rings (SSSR count). The van der Waals surface area contributed by atoms with E-state index in [0.29, 0.717) is 18.4 Å². The number of hydrogen-bond acceptors (Lipinski definition) is 9. The van der Waals surface area contributed by atoms with Gasteiger partial charge in [-0.15, -0.1) is 6.42 Å². The van der Waals surface area contributed by atoms with Crippen LogP contribution >= 0.6 is 0 Å². The molecule has 1 saturated carbocycles. The zero-order valence-corrected chi connectivity index (χ0v) is 25.2. The van der Waals surface area contributed by atoms with Crippen molar-refractivity contribution in [3.05, 3.63) is 59.2 Å². The van der Waals surface area contributed by atoms with Crippen LogP contribution in [0.3, 0.4) is 0 Å². The molecule has 15 heteroatoms. The van der Waals surface area contributed by atoms with Crippen molar-refractivity contribution >= 4 is 41.6 Å². The molecule has 1 heterocycles. The zero-order chi connectivity index (χ0) is 34.2. The third-order valence-electron chi connectivity index (χ3n) is 8.34. The van der Waals surface area contributed by atoms with E-state index in [0.717, 1.165) is 5.57 Å². The minimum atomic E-state index is -1.62. The number of nitrogens with zero attached hydrogens (tertiary/aromatic N) is 3. The highest BCUT2D eigenvalue weighted by molar-refractivity contribution is 6.03. The van der Waals surface area contributed by atoms with E-state index in [1.165, 1.54) is 22.2 Å². The number of nitrogens with one attached hydrogen (secondary N) is 2. The number of carbonyl (C=O) groups excluding carboxylic acids is 3. The number of amidine groups is 1. The van der Waals surface area contributed by atoms with E-state index < -0.39 is 85.7 Å². The van der Waals surface area contributed by atoms with Gasteiger partial charge in [-0.1, -0.05) is 36.3 Å². The summed E-state index contributed by atoms with van der Waals surface area (Å²) in [6.45, 7) is -0.660. The number of carboxylic acid groups (broad SMARTS) is 3. The number of amides is 4. The molecule has 1 aromatic carbocycles. The first kappa shape index (κ1) is 34.5. The van der Waals surface area contributed by atoms with Crippen LogP contribution in [0.25, 0.3) is 0 Å². The van der Waals surface area contributed by atoms with Gasteiger partial charge < -0.3 is 25.7 Å². The van der Waals surface area contributed by atoms with Crippen LogP contribution in [0.2, 0.25) is 0 Å². The third-order valence-corrected chi connectivity index (χ3v) is 8.34. The smallest absolute Gasteiger partial charge is 0.411 e. The van der Waals surface area contributed by atoms with Crippen LogP contribution in [0.15, 0.2) is 58.6 Å². The second-order valence-electron chi connectivity index (χ2n) is 11.3. The maximum Gasteiger partial charge on any atom is 0.411 e. The lowest BCUT2D eigenvalue weighted by atomic mass is 9.85. The molecule has 3 aliphatic rings. The van der Waals surface area contributed by atoms with Gasteiger partial charge in [-0.3, -0.25) is 39.3 Å². The number of aliphatic carboxylic acids is 2. The average Bonchev–Trinajstić information content (AvgIpc) is 3.44. The average molecular weight is 650 g/mol. The first-order valence-corrected chi connectivity index (χ1v) is 14.9. The van der Waals surface area contributed by atoms with Gasteiger partial charge in [-0.2, -0.15) is 5.01 Å². The van der Waals surface area contributed by atoms with Crippen LogP contribution in [-0.4, -0.2) is 103 Å². The van der Waals surface area contributed by atoms with Crippen LogP contribution < -0.4 is 10.6 Å². The van der Waals surface area contributed by atoms with Crippen molar-refractivity contribution < 1.29 is 49.2 Å². The lowest BCUT2D eigenvalue weighted by Gasteiger charge is -2.45. The molecular weight excluding hydrogens is 614 g/mol. The van der Waals surface area contributed by atoms with Crippen LogP contribution in [-0.2, 0) is 19.2 Å². The van der Waals surface area contributed by atoms with Crippen molar-refractivity contribution in [1.29, 1.82) is 0 Å². The quantitative estimate of drug-likeness (QED) is 0.123. The molecule has 0 radical (unpaired) electrons. The third kappa shape index (κ3) is 8.10. The summed E-state index contributed by atoms with van der Waals surface area (Å²) in [7, 11) is 0. The van der Waals surface area contributed by atoms with Crippen LogP contribution in [0.4, 0.5) is 4.79 Å². The Morgan fingerprint density at radius 3 is 2.40 bits per heavy atom. The normalized spacial score (nSPS) is 21.0. The fourth-order valence-electron chi connectivity index (χ4n) is 6.30. The Hall–Kier alpha value is -5.33. The Bertz CT molecular complexity index is 1560. The fraction of sp³-hybridized carbons (Fsp3) is 0.406. The molecule has 0 aromatic heterocycles. The number of fused-ring (bicyclic) bond motifs is 2. The highest BCUT2D eigenvalue weighted by atomic mass is 16.4. The number of rotatable bonds is 14. The standard InChI is InChI=1S/C32H35N5O10/c1-2-14-36(24-10-8-19-15-23-22(16-21(19)24)29(42)34-26(17-38)33-23)37(30(43)18-6-4-3-5-7-18)25(11-12-27(39)35-32(46)47)20(31(44)45)9-13-28(40)41/h1,3-7,15-16,20,22-25,38H,8-14,17H2,(H,35,39)(H,40,41)(H,44,45)(H,46,47)(H,33,34,42)/t20?,22?,23?,24-,25-/m0/s1. The van der Waals surface area contributed by atoms with Crippen molar-refractivity contribution in [3.63, 3.8) is 0 Å². The molecule has 1 fully saturated rings. The van der Waals surface area contributed by atoms with E-state index in [2.05, 4.69) is 16.2 Å². The Morgan fingerprint density at radius 1 is 1.06 bits per heavy atom. The number of benzene rings is 1. The maximum atomic E-state index is 14.4. The van der Waals surface area contributed by atoms with Gasteiger partial charge in [-0.05, 0) is 49.0 Å². The molecule has 2 aliphatic carbocycles. The van der Waals surface area contributed by atoms with Gasteiger partial charge >= 0.3 is 18.0 Å². The van der Waals surface area contributed by atoms with E-state index >= 15 is 0 Å². The maximum absolute atomic E-state index is 14.4. The second-order valence-corrected chi connectivity index (χ2v) is 11.3. The summed E-state index contributed by atoms with van der Waals surface area (Å²) in [5.74, 6) is -4.27. The zero-order valence-electron chi connectivity index (χ0n) is 25.2. The van der Waals surface area contributed by atoms with Crippen LogP contribution in [0, 0.1) is 24.2 Å². The van der Waals surface area contributed by atoms with Gasteiger partial charge in [0.15, 0.2) is 0 Å². The van der Waals surface area contributed by atoms with Crippen molar-refractivity contribution in [2.24, 2.45) is 16.8 Å². The molecule has 1 aliphatic heterocycles. The Kier molecular flexibility index (Phi) is 11.2. The number of aliphatic hydroxyl groups excluding tert-OH is 1. The Morgan fingerprint density at radius 2 is 1.79 bits per heavy atom. The van der Waals surface area contributed by atoms with E-state index in [4.69, 9.17) is 11.5 Å². The molecule has 47 heavy (non-hydrogen) atoms. The van der Waals surface area contributed by atoms with Crippen LogP contribution in [0.5, 0.6) is 0 Å². The number of aliphatic imine (C=N–C) groups is 1. The lowest BCUT2D eigenvalue weighted by Crippen LogP contribution is -2.59. The number of imide groups is 1. The van der Waals surface area contributed by atoms with E-state index in [1.54, 1.807) is 29.6 Å². The highest BCUT2D eigenvalue weighted by Gasteiger charge is 2.45. The molecule has 248 valence electrons. The van der Waals surface area contributed by atoms with Crippen molar-refractivity contribution in [1.82, 2.24) is 20.7 Å². The Balaban J connectivity index is 1.84. The topological polar surface area (TPSA) is 226 Å². The summed E-state index contributed by atoms with van der Waals surface area (Å²) in [6.07, 6.45) is 6.81. The number of carboxylic acids is 2. The van der Waals surface area contributed by atoms with Crippen LogP contribution in [0.1, 0.15) is 48.9 Å². The number of hydrogen-bond donors (Lipinski definition) is 6. The molecule has 6 N–H and O–H groups in total.